The number of hydrogen-bond donors (Lipinski definition) is 0. The van der Waals surface area contributed by atoms with E-state index < -0.39 is 0 Å². The fourth-order valence-electron chi connectivity index (χ4n) is 0.859. The molecule has 0 aliphatic carbocycles. The lowest BCUT2D eigenvalue weighted by molar-refractivity contribution is 0.132. The molecule has 0 N–H and O–H groups in total. The smallest absolute Gasteiger partial charge is 0.155 e. The molecule has 0 fully saturated rings. The maximum absolute atomic E-state index is 9.49. The summed E-state index contributed by atoms with van der Waals surface area (Å²) >= 11 is 0. The van der Waals surface area contributed by atoms with Gasteiger partial charge in [0.1, 0.15) is 6.61 Å². The topological polar surface area (TPSA) is 38.7 Å². The molecule has 0 spiro atoms. The van der Waals surface area contributed by atoms with Gasteiger partial charge >= 0.3 is 0 Å². The molecule has 3 nitrogen and oxygen atoms in total. The Bertz CT molecular complexity index is 107. The SMILES string of the molecule is CC(C)(C)CCCCON=O. The first-order valence-electron chi connectivity index (χ1n) is 4.01. The van der Waals surface area contributed by atoms with E-state index in [4.69, 9.17) is 0 Å². The quantitative estimate of drug-likeness (QED) is 0.351. The van der Waals surface area contributed by atoms with Crippen molar-refractivity contribution in [3.8, 4) is 0 Å². The molecule has 11 heavy (non-hydrogen) atoms. The van der Waals surface area contributed by atoms with E-state index in [9.17, 15) is 4.91 Å². The zero-order valence-corrected chi connectivity index (χ0v) is 7.59. The average molecular weight is 159 g/mol. The molecule has 0 unspecified atom stereocenters. The highest BCUT2D eigenvalue weighted by Gasteiger charge is 2.08. The maximum Gasteiger partial charge on any atom is 0.155 e. The summed E-state index contributed by atoms with van der Waals surface area (Å²) in [5.41, 5.74) is 0.384. The van der Waals surface area contributed by atoms with Crippen LogP contribution in [-0.4, -0.2) is 6.61 Å². The summed E-state index contributed by atoms with van der Waals surface area (Å²) < 4.78 is 0. The van der Waals surface area contributed by atoms with Crippen molar-refractivity contribution in [3.05, 3.63) is 4.91 Å². The molecule has 0 rings (SSSR count). The van der Waals surface area contributed by atoms with Crippen LogP contribution in [0.1, 0.15) is 40.0 Å². The standard InChI is InChI=1S/C8H17NO2/c1-8(2,3)6-4-5-7-11-9-10/h4-7H2,1-3H3. The molecule has 66 valence electrons. The van der Waals surface area contributed by atoms with Crippen molar-refractivity contribution in [2.45, 2.75) is 40.0 Å². The highest BCUT2D eigenvalue weighted by atomic mass is 16.7. The fraction of sp³-hybridized carbons (Fsp3) is 1.00. The van der Waals surface area contributed by atoms with Crippen molar-refractivity contribution in [2.75, 3.05) is 6.61 Å². The molecular weight excluding hydrogens is 142 g/mol. The maximum atomic E-state index is 9.49. The van der Waals surface area contributed by atoms with E-state index >= 15 is 0 Å². The van der Waals surface area contributed by atoms with E-state index in [0.717, 1.165) is 19.3 Å². The molecular formula is C8H17NO2. The Labute approximate surface area is 68.1 Å². The van der Waals surface area contributed by atoms with Gasteiger partial charge < -0.3 is 4.84 Å². The van der Waals surface area contributed by atoms with Gasteiger partial charge in [0.25, 0.3) is 0 Å². The molecule has 0 aromatic rings. The van der Waals surface area contributed by atoms with Crippen molar-refractivity contribution < 1.29 is 4.84 Å². The van der Waals surface area contributed by atoms with Crippen LogP contribution in [0.25, 0.3) is 0 Å². The number of rotatable bonds is 5. The number of hydrogen-bond acceptors (Lipinski definition) is 3. The van der Waals surface area contributed by atoms with Crippen molar-refractivity contribution in [2.24, 2.45) is 10.8 Å². The van der Waals surface area contributed by atoms with Crippen LogP contribution in [-0.2, 0) is 4.84 Å². The third-order valence-corrected chi connectivity index (χ3v) is 1.47. The molecule has 0 atom stereocenters. The van der Waals surface area contributed by atoms with Crippen LogP contribution in [0.5, 0.6) is 0 Å². The molecule has 0 radical (unpaired) electrons. The molecule has 0 aromatic carbocycles. The van der Waals surface area contributed by atoms with Gasteiger partial charge in [0.15, 0.2) is 5.34 Å². The summed E-state index contributed by atoms with van der Waals surface area (Å²) in [5.74, 6) is 0. The molecule has 0 aromatic heterocycles. The summed E-state index contributed by atoms with van der Waals surface area (Å²) in [6, 6.07) is 0. The Morgan fingerprint density at radius 2 is 1.91 bits per heavy atom. The van der Waals surface area contributed by atoms with E-state index in [0.29, 0.717) is 12.0 Å². The van der Waals surface area contributed by atoms with Crippen LogP contribution >= 0.6 is 0 Å². The van der Waals surface area contributed by atoms with Crippen LogP contribution in [0.4, 0.5) is 0 Å². The van der Waals surface area contributed by atoms with Crippen molar-refractivity contribution in [3.63, 3.8) is 0 Å². The largest absolute Gasteiger partial charge is 0.364 e. The van der Waals surface area contributed by atoms with Gasteiger partial charge in [-0.25, -0.2) is 0 Å². The van der Waals surface area contributed by atoms with Crippen LogP contribution in [0.15, 0.2) is 5.34 Å². The average Bonchev–Trinajstić information content (AvgIpc) is 1.85. The Morgan fingerprint density at radius 3 is 2.36 bits per heavy atom. The van der Waals surface area contributed by atoms with Gasteiger partial charge in [-0.2, -0.15) is 0 Å². The van der Waals surface area contributed by atoms with E-state index in [1.807, 2.05) is 0 Å². The Balaban J connectivity index is 3.08. The summed E-state index contributed by atoms with van der Waals surface area (Å²) in [4.78, 5) is 13.8. The zero-order valence-electron chi connectivity index (χ0n) is 7.59. The highest BCUT2D eigenvalue weighted by Crippen LogP contribution is 2.21. The van der Waals surface area contributed by atoms with Crippen molar-refractivity contribution in [1.29, 1.82) is 0 Å². The fourth-order valence-corrected chi connectivity index (χ4v) is 0.859. The summed E-state index contributed by atoms with van der Waals surface area (Å²) in [6.45, 7) is 7.06. The first-order chi connectivity index (χ1) is 5.06. The third-order valence-electron chi connectivity index (χ3n) is 1.47. The van der Waals surface area contributed by atoms with Crippen molar-refractivity contribution in [1.82, 2.24) is 0 Å². The van der Waals surface area contributed by atoms with Gasteiger partial charge in [0, 0.05) is 0 Å². The van der Waals surface area contributed by atoms with Gasteiger partial charge in [-0.05, 0) is 24.7 Å². The zero-order chi connectivity index (χ0) is 8.74. The van der Waals surface area contributed by atoms with Crippen LogP contribution in [0, 0.1) is 10.3 Å². The Morgan fingerprint density at radius 1 is 1.27 bits per heavy atom. The van der Waals surface area contributed by atoms with Crippen LogP contribution in [0.2, 0.25) is 0 Å². The number of nitrogens with zero attached hydrogens (tertiary/aromatic N) is 1. The molecule has 0 aliphatic rings. The van der Waals surface area contributed by atoms with Gasteiger partial charge in [-0.1, -0.05) is 20.8 Å². The lowest BCUT2D eigenvalue weighted by atomic mass is 9.90. The summed E-state index contributed by atoms with van der Waals surface area (Å²) in [7, 11) is 0. The Kier molecular flexibility index (Phi) is 4.83. The second-order valence-electron chi connectivity index (χ2n) is 3.93. The van der Waals surface area contributed by atoms with Crippen molar-refractivity contribution >= 4 is 0 Å². The molecule has 3 heteroatoms. The predicted molar refractivity (Wildman–Crippen MR) is 45.1 cm³/mol. The van der Waals surface area contributed by atoms with Gasteiger partial charge in [-0.3, -0.25) is 0 Å². The predicted octanol–water partition coefficient (Wildman–Crippen LogP) is 2.90. The molecule has 0 amide bonds. The molecule has 0 bridgehead atoms. The van der Waals surface area contributed by atoms with Crippen LogP contribution < -0.4 is 0 Å². The minimum absolute atomic E-state index is 0.384. The molecule has 0 saturated carbocycles. The second-order valence-corrected chi connectivity index (χ2v) is 3.93. The first-order valence-corrected chi connectivity index (χ1v) is 4.01. The highest BCUT2D eigenvalue weighted by molar-refractivity contribution is 4.60. The van der Waals surface area contributed by atoms with E-state index in [-0.39, 0.29) is 0 Å². The molecule has 0 aliphatic heterocycles. The minimum Gasteiger partial charge on any atom is -0.364 e. The van der Waals surface area contributed by atoms with Gasteiger partial charge in [-0.15, -0.1) is 4.91 Å². The Hall–Kier alpha value is -0.600. The van der Waals surface area contributed by atoms with Crippen LogP contribution in [0.3, 0.4) is 0 Å². The lowest BCUT2D eigenvalue weighted by Crippen LogP contribution is -2.04. The molecule has 0 heterocycles. The van der Waals surface area contributed by atoms with E-state index in [1.165, 1.54) is 0 Å². The third kappa shape index (κ3) is 9.40. The summed E-state index contributed by atoms with van der Waals surface area (Å²) in [6.07, 6.45) is 3.18. The lowest BCUT2D eigenvalue weighted by Gasteiger charge is -2.16. The molecule has 0 saturated heterocycles. The number of unbranched alkanes of at least 4 members (excludes halogenated alkanes) is 1. The second kappa shape index (κ2) is 5.10. The summed E-state index contributed by atoms with van der Waals surface area (Å²) in [5, 5.41) is 2.32. The van der Waals surface area contributed by atoms with E-state index in [2.05, 4.69) is 30.9 Å². The normalized spacial score (nSPS) is 11.2. The monoisotopic (exact) mass is 159 g/mol. The van der Waals surface area contributed by atoms with E-state index in [1.54, 1.807) is 0 Å². The minimum atomic E-state index is 0.384. The first kappa shape index (κ1) is 10.4. The van der Waals surface area contributed by atoms with Gasteiger partial charge in [0.05, 0.1) is 0 Å². The van der Waals surface area contributed by atoms with Gasteiger partial charge in [0.2, 0.25) is 0 Å².